The Kier molecular flexibility index (Phi) is 6.51. The quantitative estimate of drug-likeness (QED) is 0.272. The smallest absolute Gasteiger partial charge is 0.282 e. The molecule has 0 unspecified atom stereocenters. The van der Waals surface area contributed by atoms with Crippen molar-refractivity contribution in [2.24, 2.45) is 5.10 Å². The van der Waals surface area contributed by atoms with Gasteiger partial charge in [-0.05, 0) is 36.4 Å². The summed E-state index contributed by atoms with van der Waals surface area (Å²) >= 11 is 0. The van der Waals surface area contributed by atoms with Gasteiger partial charge in [-0.2, -0.15) is 5.10 Å². The molecule has 0 radical (unpaired) electrons. The Morgan fingerprint density at radius 1 is 1.11 bits per heavy atom. The van der Waals surface area contributed by atoms with Gasteiger partial charge in [0.25, 0.3) is 21.6 Å². The summed E-state index contributed by atoms with van der Waals surface area (Å²) in [6.45, 7) is -0.0605. The number of rotatable bonds is 8. The normalized spacial score (nSPS) is 12.4. The van der Waals surface area contributed by atoms with Gasteiger partial charge in [-0.3, -0.25) is 19.6 Å². The lowest BCUT2D eigenvalue weighted by Gasteiger charge is -2.12. The Morgan fingerprint density at radius 2 is 1.86 bits per heavy atom. The van der Waals surface area contributed by atoms with E-state index in [9.17, 15) is 23.3 Å². The van der Waals surface area contributed by atoms with Crippen LogP contribution < -0.4 is 24.4 Å². The van der Waals surface area contributed by atoms with E-state index in [1.807, 2.05) is 0 Å². The average molecular weight is 498 g/mol. The number of para-hydroxylation sites is 2. The number of hydrazone groups is 1. The molecule has 13 heteroatoms. The van der Waals surface area contributed by atoms with Crippen LogP contribution in [0.5, 0.6) is 17.2 Å². The number of sulfonamides is 1. The van der Waals surface area contributed by atoms with Crippen LogP contribution in [0, 0.1) is 10.1 Å². The van der Waals surface area contributed by atoms with Gasteiger partial charge in [-0.15, -0.1) is 0 Å². The van der Waals surface area contributed by atoms with E-state index in [0.29, 0.717) is 11.5 Å². The molecule has 0 saturated heterocycles. The Balaban J connectivity index is 1.51. The molecule has 2 N–H and O–H groups in total. The number of methoxy groups -OCH3 is 1. The molecule has 0 bridgehead atoms. The fourth-order valence-electron chi connectivity index (χ4n) is 3.17. The fraction of sp³-hybridized carbons (Fsp3) is 0.0909. The molecule has 1 heterocycles. The first kappa shape index (κ1) is 23.5. The number of fused-ring (bicyclic) bond motifs is 1. The molecule has 0 fully saturated rings. The van der Waals surface area contributed by atoms with Gasteiger partial charge in [0.2, 0.25) is 6.79 Å². The number of anilines is 1. The van der Waals surface area contributed by atoms with E-state index in [4.69, 9.17) is 14.2 Å². The van der Waals surface area contributed by atoms with E-state index in [1.54, 1.807) is 18.2 Å². The largest absolute Gasteiger partial charge is 0.495 e. The van der Waals surface area contributed by atoms with Gasteiger partial charge in [0.15, 0.2) is 11.5 Å². The van der Waals surface area contributed by atoms with Crippen LogP contribution in [0.2, 0.25) is 0 Å². The molecule has 180 valence electrons. The minimum absolute atomic E-state index is 0.00485. The van der Waals surface area contributed by atoms with Gasteiger partial charge in [-0.25, -0.2) is 13.8 Å². The number of nitrogens with one attached hydrogen (secondary N) is 2. The molecule has 3 aromatic carbocycles. The molecule has 1 amide bonds. The number of carbonyl (C=O) groups is 1. The Morgan fingerprint density at radius 3 is 2.60 bits per heavy atom. The molecule has 0 saturated carbocycles. The number of hydrogen-bond donors (Lipinski definition) is 2. The van der Waals surface area contributed by atoms with E-state index in [-0.39, 0.29) is 39.9 Å². The lowest BCUT2D eigenvalue weighted by Crippen LogP contribution is -2.19. The maximum atomic E-state index is 12.8. The van der Waals surface area contributed by atoms with Crippen molar-refractivity contribution in [3.8, 4) is 17.2 Å². The summed E-state index contributed by atoms with van der Waals surface area (Å²) in [6.07, 6.45) is 1.09. The third-order valence-electron chi connectivity index (χ3n) is 4.85. The number of amides is 1. The highest BCUT2D eigenvalue weighted by Gasteiger charge is 2.23. The Bertz CT molecular complexity index is 1440. The van der Waals surface area contributed by atoms with Gasteiger partial charge >= 0.3 is 0 Å². The van der Waals surface area contributed by atoms with Crippen molar-refractivity contribution < 1.29 is 32.3 Å². The van der Waals surface area contributed by atoms with Crippen molar-refractivity contribution in [1.82, 2.24) is 5.43 Å². The van der Waals surface area contributed by atoms with Crippen LogP contribution in [0.4, 0.5) is 11.4 Å². The number of nitro groups is 1. The van der Waals surface area contributed by atoms with Crippen LogP contribution in [-0.4, -0.2) is 39.4 Å². The van der Waals surface area contributed by atoms with Crippen LogP contribution >= 0.6 is 0 Å². The zero-order valence-electron chi connectivity index (χ0n) is 18.1. The van der Waals surface area contributed by atoms with Crippen molar-refractivity contribution in [2.75, 3.05) is 18.6 Å². The molecule has 1 aliphatic rings. The molecule has 35 heavy (non-hydrogen) atoms. The highest BCUT2D eigenvalue weighted by Crippen LogP contribution is 2.37. The lowest BCUT2D eigenvalue weighted by molar-refractivity contribution is -0.385. The SMILES string of the molecule is COc1ccccc1NS(=O)(=O)c1cccc(C(=O)NN=Cc2cc3c(cc2[N+](=O)[O-])OCO3)c1. The number of nitro benzene ring substituents is 1. The minimum atomic E-state index is -4.04. The predicted octanol–water partition coefficient (Wildman–Crippen LogP) is 2.90. The van der Waals surface area contributed by atoms with E-state index >= 15 is 0 Å². The molecule has 1 aliphatic heterocycles. The summed E-state index contributed by atoms with van der Waals surface area (Å²) in [7, 11) is -2.62. The fourth-order valence-corrected chi connectivity index (χ4v) is 4.29. The maximum Gasteiger partial charge on any atom is 0.282 e. The highest BCUT2D eigenvalue weighted by molar-refractivity contribution is 7.92. The van der Waals surface area contributed by atoms with Crippen LogP contribution in [0.15, 0.2) is 70.7 Å². The predicted molar refractivity (Wildman–Crippen MR) is 125 cm³/mol. The van der Waals surface area contributed by atoms with Crippen molar-refractivity contribution >= 4 is 33.5 Å². The van der Waals surface area contributed by atoms with Gasteiger partial charge in [0.1, 0.15) is 5.75 Å². The molecule has 0 aliphatic carbocycles. The second-order valence-corrected chi connectivity index (χ2v) is 8.74. The van der Waals surface area contributed by atoms with E-state index in [2.05, 4.69) is 15.2 Å². The highest BCUT2D eigenvalue weighted by atomic mass is 32.2. The number of hydrogen-bond acceptors (Lipinski definition) is 9. The zero-order chi connectivity index (χ0) is 25.0. The minimum Gasteiger partial charge on any atom is -0.495 e. The van der Waals surface area contributed by atoms with Crippen LogP contribution in [0.25, 0.3) is 0 Å². The van der Waals surface area contributed by atoms with E-state index in [0.717, 1.165) is 6.21 Å². The number of benzene rings is 3. The molecular weight excluding hydrogens is 480 g/mol. The van der Waals surface area contributed by atoms with Crippen LogP contribution in [0.3, 0.4) is 0 Å². The molecular formula is C22H18N4O8S. The number of carbonyl (C=O) groups excluding carboxylic acids is 1. The molecule has 0 atom stereocenters. The van der Waals surface area contributed by atoms with Gasteiger partial charge < -0.3 is 14.2 Å². The van der Waals surface area contributed by atoms with Crippen LogP contribution in [-0.2, 0) is 10.0 Å². The second kappa shape index (κ2) is 9.69. The maximum absolute atomic E-state index is 12.8. The number of nitrogens with zero attached hydrogens (tertiary/aromatic N) is 2. The summed E-state index contributed by atoms with van der Waals surface area (Å²) in [5, 5.41) is 15.1. The van der Waals surface area contributed by atoms with Crippen molar-refractivity contribution in [1.29, 1.82) is 0 Å². The Hall–Kier alpha value is -4.65. The zero-order valence-corrected chi connectivity index (χ0v) is 18.9. The third-order valence-corrected chi connectivity index (χ3v) is 6.21. The first-order chi connectivity index (χ1) is 16.8. The van der Waals surface area contributed by atoms with Gasteiger partial charge in [0, 0.05) is 5.56 Å². The molecule has 4 rings (SSSR count). The van der Waals surface area contributed by atoms with Gasteiger partial charge in [-0.1, -0.05) is 18.2 Å². The monoisotopic (exact) mass is 498 g/mol. The Labute approximate surface area is 199 Å². The standard InChI is InChI=1S/C22H18N4O8S/c1-32-19-8-3-2-7-17(19)25-35(30,31)16-6-4-5-14(9-16)22(27)24-23-12-15-10-20-21(34-13-33-20)11-18(15)26(28)29/h2-12,25H,13H2,1H3,(H,24,27). The number of ether oxygens (including phenoxy) is 3. The molecule has 0 aromatic heterocycles. The topological polar surface area (TPSA) is 158 Å². The first-order valence-corrected chi connectivity index (χ1v) is 11.4. The first-order valence-electron chi connectivity index (χ1n) is 9.96. The van der Waals surface area contributed by atoms with Crippen molar-refractivity contribution in [3.05, 3.63) is 81.9 Å². The third kappa shape index (κ3) is 5.14. The summed E-state index contributed by atoms with van der Waals surface area (Å²) in [4.78, 5) is 23.1. The van der Waals surface area contributed by atoms with E-state index in [1.165, 1.54) is 49.6 Å². The van der Waals surface area contributed by atoms with Crippen molar-refractivity contribution in [2.45, 2.75) is 4.90 Å². The molecule has 12 nitrogen and oxygen atoms in total. The summed E-state index contributed by atoms with van der Waals surface area (Å²) in [5.74, 6) is 0.150. The second-order valence-electron chi connectivity index (χ2n) is 7.05. The molecule has 0 spiro atoms. The van der Waals surface area contributed by atoms with Gasteiger partial charge in [0.05, 0.1) is 40.5 Å². The summed E-state index contributed by atoms with van der Waals surface area (Å²) < 4.78 is 43.6. The molecule has 3 aromatic rings. The van der Waals surface area contributed by atoms with E-state index < -0.39 is 20.9 Å². The lowest BCUT2D eigenvalue weighted by atomic mass is 10.1. The summed E-state index contributed by atoms with van der Waals surface area (Å²) in [5.41, 5.74) is 2.26. The summed E-state index contributed by atoms with van der Waals surface area (Å²) in [6, 6.07) is 14.4. The average Bonchev–Trinajstić information content (AvgIpc) is 3.31. The van der Waals surface area contributed by atoms with Crippen molar-refractivity contribution in [3.63, 3.8) is 0 Å². The van der Waals surface area contributed by atoms with Crippen LogP contribution in [0.1, 0.15) is 15.9 Å².